The predicted octanol–water partition coefficient (Wildman–Crippen LogP) is 4.05. The Bertz CT molecular complexity index is 975. The van der Waals surface area contributed by atoms with Crippen LogP contribution < -0.4 is 0 Å². The van der Waals surface area contributed by atoms with Crippen molar-refractivity contribution in [3.63, 3.8) is 0 Å². The molecule has 29 heavy (non-hydrogen) atoms. The molecule has 1 atom stereocenters. The molecule has 0 saturated carbocycles. The molecule has 1 saturated heterocycles. The molecular weight excluding hydrogens is 392 g/mol. The number of aryl methyl sites for hydroxylation is 1. The number of nitrogens with zero attached hydrogens (tertiary/aromatic N) is 2. The fourth-order valence-corrected chi connectivity index (χ4v) is 4.69. The molecule has 1 aliphatic heterocycles. The van der Waals surface area contributed by atoms with Gasteiger partial charge in [-0.1, -0.05) is 42.3 Å². The third-order valence-corrected chi connectivity index (χ3v) is 6.82. The van der Waals surface area contributed by atoms with Crippen molar-refractivity contribution in [2.75, 3.05) is 13.2 Å². The molecule has 3 rings (SSSR count). The lowest BCUT2D eigenvalue weighted by Crippen LogP contribution is -2.52. The maximum absolute atomic E-state index is 12.6. The third kappa shape index (κ3) is 5.01. The van der Waals surface area contributed by atoms with Crippen molar-refractivity contribution >= 4 is 15.8 Å². The second kappa shape index (κ2) is 8.61. The summed E-state index contributed by atoms with van der Waals surface area (Å²) in [6.45, 7) is 4.97. The van der Waals surface area contributed by atoms with Crippen LogP contribution in [0.3, 0.4) is 0 Å². The van der Waals surface area contributed by atoms with E-state index in [0.29, 0.717) is 12.1 Å². The molecule has 0 aliphatic carbocycles. The lowest BCUT2D eigenvalue weighted by Gasteiger charge is -2.44. The van der Waals surface area contributed by atoms with Gasteiger partial charge < -0.3 is 0 Å². The highest BCUT2D eigenvalue weighted by Gasteiger charge is 2.37. The van der Waals surface area contributed by atoms with Gasteiger partial charge in [0.05, 0.1) is 16.4 Å². The van der Waals surface area contributed by atoms with Gasteiger partial charge in [-0.2, -0.15) is 8.42 Å². The molecule has 0 bridgehead atoms. The highest BCUT2D eigenvalue weighted by molar-refractivity contribution is 7.86. The molecule has 156 valence electrons. The van der Waals surface area contributed by atoms with Gasteiger partial charge in [0.15, 0.2) is 0 Å². The Labute approximate surface area is 171 Å². The van der Waals surface area contributed by atoms with E-state index >= 15 is 0 Å². The normalized spacial score (nSPS) is 20.5. The van der Waals surface area contributed by atoms with Gasteiger partial charge >= 0.3 is 0 Å². The standard InChI is InChI=1S/C21H26N2O5S/c1-17-9-11-19(12-10-17)29(26,27)28-16-21(2)13-5-6-14-22(21)15-18-7-3-4-8-20(18)23(24)25/h3-4,7-12H,5-6,13-16H2,1-2H3/t21-/m1/s1. The van der Waals surface area contributed by atoms with E-state index in [-0.39, 0.29) is 22.1 Å². The van der Waals surface area contributed by atoms with E-state index in [0.717, 1.165) is 31.4 Å². The first-order chi connectivity index (χ1) is 13.7. The van der Waals surface area contributed by atoms with Gasteiger partial charge in [0.1, 0.15) is 0 Å². The molecule has 0 amide bonds. The smallest absolute Gasteiger partial charge is 0.291 e. The number of nitro benzene ring substituents is 1. The Morgan fingerprint density at radius 1 is 1.14 bits per heavy atom. The second-order valence-electron chi connectivity index (χ2n) is 7.79. The molecule has 2 aromatic rings. The maximum Gasteiger partial charge on any atom is 0.297 e. The monoisotopic (exact) mass is 418 g/mol. The molecule has 0 N–H and O–H groups in total. The van der Waals surface area contributed by atoms with Crippen molar-refractivity contribution in [1.82, 2.24) is 4.90 Å². The van der Waals surface area contributed by atoms with Gasteiger partial charge in [-0.3, -0.25) is 19.2 Å². The van der Waals surface area contributed by atoms with Gasteiger partial charge in [-0.05, 0) is 45.4 Å². The van der Waals surface area contributed by atoms with Crippen LogP contribution in [0.25, 0.3) is 0 Å². The summed E-state index contributed by atoms with van der Waals surface area (Å²) in [6.07, 6.45) is 2.68. The van der Waals surface area contributed by atoms with Crippen LogP contribution in [0.15, 0.2) is 53.4 Å². The number of hydrogen-bond donors (Lipinski definition) is 0. The van der Waals surface area contributed by atoms with E-state index in [1.54, 1.807) is 42.5 Å². The zero-order chi connectivity index (χ0) is 21.1. The van der Waals surface area contributed by atoms with Crippen molar-refractivity contribution in [3.8, 4) is 0 Å². The highest BCUT2D eigenvalue weighted by atomic mass is 32.2. The first kappa shape index (κ1) is 21.4. The molecule has 0 radical (unpaired) electrons. The largest absolute Gasteiger partial charge is 0.297 e. The van der Waals surface area contributed by atoms with E-state index in [9.17, 15) is 18.5 Å². The summed E-state index contributed by atoms with van der Waals surface area (Å²) in [5.74, 6) is 0. The van der Waals surface area contributed by atoms with E-state index in [1.165, 1.54) is 6.07 Å². The van der Waals surface area contributed by atoms with Gasteiger partial charge in [-0.15, -0.1) is 0 Å². The average Bonchev–Trinajstić information content (AvgIpc) is 2.69. The molecule has 0 unspecified atom stereocenters. The SMILES string of the molecule is Cc1ccc(S(=O)(=O)OC[C@@]2(C)CCCCN2Cc2ccccc2[N+](=O)[O-])cc1. The number of hydrogen-bond acceptors (Lipinski definition) is 6. The predicted molar refractivity (Wildman–Crippen MR) is 110 cm³/mol. The summed E-state index contributed by atoms with van der Waals surface area (Å²) >= 11 is 0. The summed E-state index contributed by atoms with van der Waals surface area (Å²) in [7, 11) is -3.87. The minimum absolute atomic E-state index is 0.00381. The van der Waals surface area contributed by atoms with Crippen LogP contribution in [0.4, 0.5) is 5.69 Å². The van der Waals surface area contributed by atoms with Gasteiger partial charge in [0, 0.05) is 23.7 Å². The molecule has 1 fully saturated rings. The van der Waals surface area contributed by atoms with E-state index in [1.807, 2.05) is 13.8 Å². The molecule has 0 spiro atoms. The number of likely N-dealkylation sites (tertiary alicyclic amines) is 1. The van der Waals surface area contributed by atoms with Crippen LogP contribution in [-0.2, 0) is 20.8 Å². The minimum atomic E-state index is -3.87. The van der Waals surface area contributed by atoms with Crippen LogP contribution in [0.2, 0.25) is 0 Å². The molecule has 0 aromatic heterocycles. The van der Waals surface area contributed by atoms with Crippen molar-refractivity contribution in [3.05, 3.63) is 69.8 Å². The molecule has 7 nitrogen and oxygen atoms in total. The second-order valence-corrected chi connectivity index (χ2v) is 9.41. The van der Waals surface area contributed by atoms with Crippen molar-refractivity contribution < 1.29 is 17.5 Å². The van der Waals surface area contributed by atoms with Crippen molar-refractivity contribution in [2.45, 2.75) is 50.1 Å². The zero-order valence-corrected chi connectivity index (χ0v) is 17.5. The Kier molecular flexibility index (Phi) is 6.36. The van der Waals surface area contributed by atoms with Crippen LogP contribution in [-0.4, -0.2) is 36.9 Å². The topological polar surface area (TPSA) is 89.8 Å². The van der Waals surface area contributed by atoms with Gasteiger partial charge in [0.25, 0.3) is 15.8 Å². The highest BCUT2D eigenvalue weighted by Crippen LogP contribution is 2.32. The molecular formula is C21H26N2O5S. The summed E-state index contributed by atoms with van der Waals surface area (Å²) in [5, 5.41) is 11.3. The fraction of sp³-hybridized carbons (Fsp3) is 0.429. The minimum Gasteiger partial charge on any atom is -0.291 e. The number of piperidine rings is 1. The van der Waals surface area contributed by atoms with Gasteiger partial charge in [0.2, 0.25) is 0 Å². The number of nitro groups is 1. The number of benzene rings is 2. The first-order valence-corrected chi connectivity index (χ1v) is 11.1. The quantitative estimate of drug-likeness (QED) is 0.383. The van der Waals surface area contributed by atoms with E-state index in [4.69, 9.17) is 4.18 Å². The zero-order valence-electron chi connectivity index (χ0n) is 16.7. The van der Waals surface area contributed by atoms with Gasteiger partial charge in [-0.25, -0.2) is 0 Å². The Morgan fingerprint density at radius 2 is 1.83 bits per heavy atom. The lowest BCUT2D eigenvalue weighted by atomic mass is 9.88. The molecule has 1 heterocycles. The summed E-state index contributed by atoms with van der Waals surface area (Å²) in [5.41, 5.74) is 1.14. The fourth-order valence-electron chi connectivity index (χ4n) is 3.68. The molecule has 8 heteroatoms. The first-order valence-electron chi connectivity index (χ1n) is 9.65. The molecule has 2 aromatic carbocycles. The van der Waals surface area contributed by atoms with Crippen LogP contribution in [0.5, 0.6) is 0 Å². The third-order valence-electron chi connectivity index (χ3n) is 5.54. The Balaban J connectivity index is 1.77. The average molecular weight is 419 g/mol. The van der Waals surface area contributed by atoms with E-state index < -0.39 is 15.7 Å². The summed E-state index contributed by atoms with van der Waals surface area (Å²) < 4.78 is 30.7. The maximum atomic E-state index is 12.6. The van der Waals surface area contributed by atoms with E-state index in [2.05, 4.69) is 4.90 Å². The number of para-hydroxylation sites is 1. The van der Waals surface area contributed by atoms with Crippen molar-refractivity contribution in [2.24, 2.45) is 0 Å². The molecule has 1 aliphatic rings. The van der Waals surface area contributed by atoms with Crippen LogP contribution >= 0.6 is 0 Å². The summed E-state index contributed by atoms with van der Waals surface area (Å²) in [6, 6.07) is 13.2. The summed E-state index contributed by atoms with van der Waals surface area (Å²) in [4.78, 5) is 13.2. The van der Waals surface area contributed by atoms with Crippen LogP contribution in [0.1, 0.15) is 37.3 Å². The van der Waals surface area contributed by atoms with Crippen molar-refractivity contribution in [1.29, 1.82) is 0 Å². The van der Waals surface area contributed by atoms with Crippen LogP contribution in [0, 0.1) is 17.0 Å². The Hall–Kier alpha value is -2.29. The lowest BCUT2D eigenvalue weighted by molar-refractivity contribution is -0.385. The Morgan fingerprint density at radius 3 is 2.52 bits per heavy atom. The number of rotatable bonds is 7.